The molecule has 36 nitrogen and oxygen atoms in total. The Hall–Kier alpha value is -1.44. The Labute approximate surface area is 419 Å². The van der Waals surface area contributed by atoms with Crippen molar-refractivity contribution in [2.45, 2.75) is 172 Å². The molecule has 0 saturated carbocycles. The molecule has 74 heavy (non-hydrogen) atoms. The van der Waals surface area contributed by atoms with E-state index in [1.165, 1.54) is 0 Å². The summed E-state index contributed by atoms with van der Waals surface area (Å²) in [5.74, 6) is 0. The molecular formula is C38H78O36. The molecule has 4 fully saturated rings. The van der Waals surface area contributed by atoms with Crippen molar-refractivity contribution in [3.63, 3.8) is 0 Å². The fourth-order valence-corrected chi connectivity index (χ4v) is 6.23. The highest BCUT2D eigenvalue weighted by molar-refractivity contribution is 4.94. The first kappa shape index (κ1) is 72.6. The van der Waals surface area contributed by atoms with Crippen LogP contribution in [0.5, 0.6) is 0 Å². The summed E-state index contributed by atoms with van der Waals surface area (Å²) < 4.78 is 30.4. The third-order valence-electron chi connectivity index (χ3n) is 11.0. The second-order valence-electron chi connectivity index (χ2n) is 16.6. The van der Waals surface area contributed by atoms with Gasteiger partial charge in [-0.25, -0.2) is 0 Å². The van der Waals surface area contributed by atoms with Crippen molar-refractivity contribution >= 4 is 0 Å². The summed E-state index contributed by atoms with van der Waals surface area (Å²) in [6.45, 7) is -5.90. The van der Waals surface area contributed by atoms with E-state index >= 15 is 0 Å². The van der Waals surface area contributed by atoms with E-state index in [1.54, 1.807) is 0 Å². The molecule has 0 aromatic rings. The minimum atomic E-state index is -1.74. The first-order valence-corrected chi connectivity index (χ1v) is 22.2. The molecule has 6 unspecified atom stereocenters. The SMILES string of the molecule is OCC(O)C(O)C(O)C(O)CO.OCC(O)CO.OC[C@@H](O)C(O)[C@@H](O)CO.OC[C@H]1O[C@H](OC[C@H]2O[C@H](O)[C@@H](O)[C@@H](O)[C@@H]2O)[C@@H](O)[C@@H](O)[C@@H]1O.OC[C@H]1O[C@H](O[C@H]2[C@H](O)[C@@H](O)C(O)O[C@@H]2CO)[C@H](O)[C@@H](O)[C@@H]1O. The van der Waals surface area contributed by atoms with Crippen LogP contribution in [0.25, 0.3) is 0 Å². The lowest BCUT2D eigenvalue weighted by molar-refractivity contribution is -0.355. The first-order chi connectivity index (χ1) is 34.6. The third-order valence-corrected chi connectivity index (χ3v) is 11.0. The molecule has 4 heterocycles. The molecule has 0 bridgehead atoms. The van der Waals surface area contributed by atoms with Gasteiger partial charge in [0.05, 0.1) is 66.1 Å². The van der Waals surface area contributed by atoms with Gasteiger partial charge in [-0.15, -0.1) is 0 Å². The fraction of sp³-hybridized carbons (Fsp3) is 1.00. The predicted octanol–water partition coefficient (Wildman–Crippen LogP) is -19.0. The first-order valence-electron chi connectivity index (χ1n) is 22.2. The summed E-state index contributed by atoms with van der Waals surface area (Å²) in [5.41, 5.74) is 0. The van der Waals surface area contributed by atoms with E-state index in [-0.39, 0.29) is 13.2 Å². The lowest BCUT2D eigenvalue weighted by Crippen LogP contribution is -2.64. The third kappa shape index (κ3) is 21.7. The zero-order chi connectivity index (χ0) is 57.5. The lowest BCUT2D eigenvalue weighted by atomic mass is 9.97. The molecule has 0 spiro atoms. The van der Waals surface area contributed by atoms with E-state index in [9.17, 15) is 71.5 Å². The van der Waals surface area contributed by atoms with Crippen molar-refractivity contribution < 1.29 is 182 Å². The molecule has 0 radical (unpaired) electrons. The van der Waals surface area contributed by atoms with Gasteiger partial charge in [-0.2, -0.15) is 0 Å². The number of rotatable bonds is 19. The van der Waals surface area contributed by atoms with Gasteiger partial charge in [-0.3, -0.25) is 0 Å². The minimum absolute atomic E-state index is 0.365. The molecule has 27 atom stereocenters. The molecule has 0 aromatic carbocycles. The van der Waals surface area contributed by atoms with Gasteiger partial charge >= 0.3 is 0 Å². The maximum absolute atomic E-state index is 9.94. The Morgan fingerprint density at radius 3 is 1.00 bits per heavy atom. The summed E-state index contributed by atoms with van der Waals surface area (Å²) in [4.78, 5) is 0. The summed E-state index contributed by atoms with van der Waals surface area (Å²) in [6, 6.07) is 0. The zero-order valence-corrected chi connectivity index (χ0v) is 39.1. The van der Waals surface area contributed by atoms with Gasteiger partial charge in [-0.05, 0) is 0 Å². The standard InChI is InChI=1S/2C12H22O11.C6H14O6.C5H12O5.C3H8O3/c13-1-3-5(15)6(16)9(19)12(22-3)23-10-4(2-14)21-11(20)8(18)7(10)17;13-1-3-5(14)8(17)10(19)12(23-3)21-2-4-6(15)7(16)9(18)11(20)22-4;7-1-3(9)5(11)6(12)4(10)2-8;6-1-3(8)5(10)4(9)2-7;4-1-3(6)2-5/h2*3-20H,1-2H2;3-12H,1-2H2;3-10H,1-2H2;3-6H,1-2H2/t3-,4-,5-,6+,7-,8-,9-,10-,11?,12-;3-,4-,5-,6-,7+,8+,9+,10+,11+,12+;;3-,4+,5?;/m11.../s1. The molecule has 446 valence electrons. The van der Waals surface area contributed by atoms with Crippen LogP contribution in [0.15, 0.2) is 0 Å². The van der Waals surface area contributed by atoms with Gasteiger partial charge in [0, 0.05) is 0 Å². The highest BCUT2D eigenvalue weighted by Gasteiger charge is 2.51. The van der Waals surface area contributed by atoms with Crippen LogP contribution >= 0.6 is 0 Å². The molecule has 4 saturated heterocycles. The Bertz CT molecular complexity index is 1360. The van der Waals surface area contributed by atoms with Crippen LogP contribution in [-0.2, 0) is 28.4 Å². The lowest BCUT2D eigenvalue weighted by Gasteiger charge is -2.45. The van der Waals surface area contributed by atoms with E-state index in [2.05, 4.69) is 0 Å². The number of hydrogen-bond donors (Lipinski definition) is 30. The van der Waals surface area contributed by atoms with E-state index in [1.807, 2.05) is 0 Å². The van der Waals surface area contributed by atoms with Crippen LogP contribution in [0.3, 0.4) is 0 Å². The molecule has 30 N–H and O–H groups in total. The number of ether oxygens (including phenoxy) is 6. The number of hydrogen-bond acceptors (Lipinski definition) is 36. The average Bonchev–Trinajstić information content (AvgIpc) is 3.41. The summed E-state index contributed by atoms with van der Waals surface area (Å²) in [7, 11) is 0. The second kappa shape index (κ2) is 36.7. The summed E-state index contributed by atoms with van der Waals surface area (Å²) >= 11 is 0. The maximum atomic E-state index is 9.94. The van der Waals surface area contributed by atoms with Crippen molar-refractivity contribution in [3.05, 3.63) is 0 Å². The van der Waals surface area contributed by atoms with E-state index < -0.39 is 225 Å². The van der Waals surface area contributed by atoms with E-state index in [0.717, 1.165) is 0 Å². The quantitative estimate of drug-likeness (QED) is 0.0571. The Morgan fingerprint density at radius 2 is 0.635 bits per heavy atom. The Kier molecular flexibility index (Phi) is 36.0. The molecule has 4 rings (SSSR count). The molecule has 0 amide bonds. The largest absolute Gasteiger partial charge is 0.394 e. The smallest absolute Gasteiger partial charge is 0.187 e. The second-order valence-corrected chi connectivity index (χ2v) is 16.6. The molecule has 36 heteroatoms. The van der Waals surface area contributed by atoms with Crippen LogP contribution < -0.4 is 0 Å². The highest BCUT2D eigenvalue weighted by atomic mass is 16.7. The van der Waals surface area contributed by atoms with Gasteiger partial charge in [0.1, 0.15) is 146 Å². The normalized spacial score (nSPS) is 39.1. The topological polar surface area (TPSA) is 662 Å². The van der Waals surface area contributed by atoms with Crippen molar-refractivity contribution in [2.75, 3.05) is 66.1 Å². The average molecular weight is 1110 g/mol. The van der Waals surface area contributed by atoms with Gasteiger partial charge in [0.2, 0.25) is 0 Å². The van der Waals surface area contributed by atoms with Crippen molar-refractivity contribution in [3.8, 4) is 0 Å². The summed E-state index contributed by atoms with van der Waals surface area (Å²) in [5, 5.41) is 271. The molecule has 0 aliphatic carbocycles. The fourth-order valence-electron chi connectivity index (χ4n) is 6.23. The van der Waals surface area contributed by atoms with E-state index in [4.69, 9.17) is 110 Å². The van der Waals surface area contributed by atoms with Gasteiger partial charge in [0.25, 0.3) is 0 Å². The van der Waals surface area contributed by atoms with Gasteiger partial charge in [-0.1, -0.05) is 0 Å². The minimum Gasteiger partial charge on any atom is -0.394 e. The van der Waals surface area contributed by atoms with E-state index in [0.29, 0.717) is 0 Å². The van der Waals surface area contributed by atoms with Crippen molar-refractivity contribution in [1.29, 1.82) is 0 Å². The van der Waals surface area contributed by atoms with Crippen LogP contribution in [0.4, 0.5) is 0 Å². The summed E-state index contributed by atoms with van der Waals surface area (Å²) in [6.07, 6.45) is -42.5. The molecule has 0 aromatic heterocycles. The maximum Gasteiger partial charge on any atom is 0.187 e. The molecule has 4 aliphatic heterocycles. The Balaban J connectivity index is 0.000000973. The highest BCUT2D eigenvalue weighted by Crippen LogP contribution is 2.29. The van der Waals surface area contributed by atoms with Crippen LogP contribution in [-0.4, -0.2) is 391 Å². The van der Waals surface area contributed by atoms with Gasteiger partial charge in [0.15, 0.2) is 25.2 Å². The Morgan fingerprint density at radius 1 is 0.311 bits per heavy atom. The monoisotopic (exact) mass is 1110 g/mol. The van der Waals surface area contributed by atoms with Crippen LogP contribution in [0.1, 0.15) is 0 Å². The molecular weight excluding hydrogens is 1030 g/mol. The zero-order valence-electron chi connectivity index (χ0n) is 39.1. The van der Waals surface area contributed by atoms with Crippen LogP contribution in [0, 0.1) is 0 Å². The van der Waals surface area contributed by atoms with Gasteiger partial charge < -0.3 is 182 Å². The van der Waals surface area contributed by atoms with Crippen molar-refractivity contribution in [2.24, 2.45) is 0 Å². The predicted molar refractivity (Wildman–Crippen MR) is 228 cm³/mol. The molecule has 4 aliphatic rings. The number of aliphatic hydroxyl groups is 30. The van der Waals surface area contributed by atoms with Crippen molar-refractivity contribution in [1.82, 2.24) is 0 Å². The van der Waals surface area contributed by atoms with Crippen LogP contribution in [0.2, 0.25) is 0 Å². The number of aliphatic hydroxyl groups excluding tert-OH is 30.